The third-order valence-corrected chi connectivity index (χ3v) is 4.31. The summed E-state index contributed by atoms with van der Waals surface area (Å²) in [6, 6.07) is 9.30. The highest BCUT2D eigenvalue weighted by atomic mass is 16.2. The van der Waals surface area contributed by atoms with Crippen LogP contribution in [0.5, 0.6) is 0 Å². The monoisotopic (exact) mass is 273 g/mol. The molecule has 2 fully saturated rings. The maximum Gasteiger partial charge on any atom is 0.324 e. The summed E-state index contributed by atoms with van der Waals surface area (Å²) in [7, 11) is 0. The number of hydrogen-bond donors (Lipinski definition) is 1. The fourth-order valence-electron chi connectivity index (χ4n) is 3.15. The summed E-state index contributed by atoms with van der Waals surface area (Å²) in [6.45, 7) is 6.85. The Hall–Kier alpha value is -1.55. The molecule has 2 aliphatic heterocycles. The molecule has 2 amide bonds. The Morgan fingerprint density at radius 1 is 1.30 bits per heavy atom. The lowest BCUT2D eigenvalue weighted by atomic mass is 10.0. The topological polar surface area (TPSA) is 35.6 Å². The van der Waals surface area contributed by atoms with Crippen LogP contribution in [-0.2, 0) is 0 Å². The van der Waals surface area contributed by atoms with Gasteiger partial charge in [-0.05, 0) is 50.9 Å². The molecule has 1 N–H and O–H groups in total. The fourth-order valence-corrected chi connectivity index (χ4v) is 3.15. The van der Waals surface area contributed by atoms with Crippen molar-refractivity contribution < 1.29 is 4.79 Å². The molecule has 0 aliphatic carbocycles. The van der Waals surface area contributed by atoms with Gasteiger partial charge in [-0.15, -0.1) is 0 Å². The number of carbonyl (C=O) groups excluding carboxylic acids is 1. The van der Waals surface area contributed by atoms with E-state index in [1.54, 1.807) is 0 Å². The smallest absolute Gasteiger partial charge is 0.320 e. The van der Waals surface area contributed by atoms with Crippen LogP contribution in [0.15, 0.2) is 24.3 Å². The van der Waals surface area contributed by atoms with Crippen LogP contribution in [0.25, 0.3) is 0 Å². The molecule has 0 radical (unpaired) electrons. The molecule has 20 heavy (non-hydrogen) atoms. The molecular weight excluding hydrogens is 250 g/mol. The van der Waals surface area contributed by atoms with Gasteiger partial charge in [0, 0.05) is 30.9 Å². The number of hydrogen-bond acceptors (Lipinski definition) is 2. The number of nitrogens with zero attached hydrogens (tertiary/aromatic N) is 2. The fraction of sp³-hybridized carbons (Fsp3) is 0.562. The zero-order valence-electron chi connectivity index (χ0n) is 12.3. The van der Waals surface area contributed by atoms with E-state index < -0.39 is 0 Å². The Kier molecular flexibility index (Phi) is 3.66. The first-order chi connectivity index (χ1) is 9.66. The van der Waals surface area contributed by atoms with Gasteiger partial charge in [-0.1, -0.05) is 12.1 Å². The molecule has 4 nitrogen and oxygen atoms in total. The number of anilines is 1. The van der Waals surface area contributed by atoms with E-state index in [0.717, 1.165) is 25.3 Å². The van der Waals surface area contributed by atoms with Crippen molar-refractivity contribution in [3.63, 3.8) is 0 Å². The van der Waals surface area contributed by atoms with E-state index >= 15 is 0 Å². The van der Waals surface area contributed by atoms with Crippen LogP contribution in [0.4, 0.5) is 10.5 Å². The summed E-state index contributed by atoms with van der Waals surface area (Å²) in [5.74, 6) is 0. The standard InChI is InChI=1S/C16H23N3O/c1-12(2)18-9-10-19(16(18)20)14-6-3-5-13(11-14)15-7-4-8-17-15/h3,5-6,11-12,15,17H,4,7-10H2,1-2H3. The maximum atomic E-state index is 12.4. The van der Waals surface area contributed by atoms with Gasteiger partial charge in [0.25, 0.3) is 0 Å². The van der Waals surface area contributed by atoms with Crippen molar-refractivity contribution in [2.75, 3.05) is 24.5 Å². The highest BCUT2D eigenvalue weighted by Crippen LogP contribution is 2.28. The van der Waals surface area contributed by atoms with Crippen molar-refractivity contribution in [2.24, 2.45) is 0 Å². The Bertz CT molecular complexity index is 494. The number of urea groups is 1. The quantitative estimate of drug-likeness (QED) is 0.919. The summed E-state index contributed by atoms with van der Waals surface area (Å²) in [5.41, 5.74) is 2.33. The van der Waals surface area contributed by atoms with Crippen LogP contribution < -0.4 is 10.2 Å². The van der Waals surface area contributed by atoms with Gasteiger partial charge < -0.3 is 10.2 Å². The minimum atomic E-state index is 0.136. The summed E-state index contributed by atoms with van der Waals surface area (Å²) in [6.07, 6.45) is 2.42. The highest BCUT2D eigenvalue weighted by molar-refractivity contribution is 5.94. The molecule has 2 heterocycles. The van der Waals surface area contributed by atoms with Crippen LogP contribution in [0.1, 0.15) is 38.3 Å². The van der Waals surface area contributed by atoms with E-state index in [0.29, 0.717) is 6.04 Å². The van der Waals surface area contributed by atoms with Gasteiger partial charge in [-0.2, -0.15) is 0 Å². The minimum Gasteiger partial charge on any atom is -0.320 e. The van der Waals surface area contributed by atoms with Gasteiger partial charge in [0.2, 0.25) is 0 Å². The van der Waals surface area contributed by atoms with E-state index in [-0.39, 0.29) is 12.1 Å². The maximum absolute atomic E-state index is 12.4. The van der Waals surface area contributed by atoms with Crippen molar-refractivity contribution in [1.29, 1.82) is 0 Å². The summed E-state index contributed by atoms with van der Waals surface area (Å²) in [4.78, 5) is 16.2. The van der Waals surface area contributed by atoms with Crippen molar-refractivity contribution in [3.05, 3.63) is 29.8 Å². The summed E-state index contributed by atoms with van der Waals surface area (Å²) < 4.78 is 0. The molecule has 1 unspecified atom stereocenters. The third-order valence-electron chi connectivity index (χ3n) is 4.31. The van der Waals surface area contributed by atoms with E-state index in [1.807, 2.05) is 15.9 Å². The first-order valence-electron chi connectivity index (χ1n) is 7.58. The second-order valence-electron chi connectivity index (χ2n) is 5.97. The first-order valence-corrected chi connectivity index (χ1v) is 7.58. The van der Waals surface area contributed by atoms with E-state index in [2.05, 4.69) is 37.4 Å². The SMILES string of the molecule is CC(C)N1CCN(c2cccc(C3CCCN3)c2)C1=O. The lowest BCUT2D eigenvalue weighted by Crippen LogP contribution is -2.36. The number of rotatable bonds is 3. The average molecular weight is 273 g/mol. The van der Waals surface area contributed by atoms with Crippen molar-refractivity contribution in [2.45, 2.75) is 38.8 Å². The highest BCUT2D eigenvalue weighted by Gasteiger charge is 2.31. The summed E-state index contributed by atoms with van der Waals surface area (Å²) in [5, 5.41) is 3.52. The molecule has 1 atom stereocenters. The van der Waals surface area contributed by atoms with Crippen LogP contribution in [0.2, 0.25) is 0 Å². The van der Waals surface area contributed by atoms with Crippen LogP contribution in [0, 0.1) is 0 Å². The minimum absolute atomic E-state index is 0.136. The Morgan fingerprint density at radius 3 is 2.80 bits per heavy atom. The van der Waals surface area contributed by atoms with E-state index in [1.165, 1.54) is 18.4 Å². The van der Waals surface area contributed by atoms with Gasteiger partial charge in [-0.3, -0.25) is 4.90 Å². The zero-order valence-corrected chi connectivity index (χ0v) is 12.3. The normalized spacial score (nSPS) is 23.1. The number of nitrogens with one attached hydrogen (secondary N) is 1. The molecule has 0 bridgehead atoms. The second-order valence-corrected chi connectivity index (χ2v) is 5.97. The molecule has 1 aromatic rings. The van der Waals surface area contributed by atoms with Crippen LogP contribution in [0.3, 0.4) is 0 Å². The van der Waals surface area contributed by atoms with Crippen LogP contribution >= 0.6 is 0 Å². The second kappa shape index (κ2) is 5.44. The predicted octanol–water partition coefficient (Wildman–Crippen LogP) is 2.76. The number of carbonyl (C=O) groups is 1. The average Bonchev–Trinajstić information content (AvgIpc) is 3.08. The van der Waals surface area contributed by atoms with E-state index in [4.69, 9.17) is 0 Å². The Morgan fingerprint density at radius 2 is 2.15 bits per heavy atom. The molecule has 1 aromatic carbocycles. The van der Waals surface area contributed by atoms with Gasteiger partial charge in [0.15, 0.2) is 0 Å². The lowest BCUT2D eigenvalue weighted by molar-refractivity contribution is 0.209. The van der Waals surface area contributed by atoms with Gasteiger partial charge in [-0.25, -0.2) is 4.79 Å². The molecule has 108 valence electrons. The Labute approximate surface area is 120 Å². The lowest BCUT2D eigenvalue weighted by Gasteiger charge is -2.22. The predicted molar refractivity (Wildman–Crippen MR) is 81.0 cm³/mol. The molecule has 0 spiro atoms. The van der Waals surface area contributed by atoms with Gasteiger partial charge in [0.1, 0.15) is 0 Å². The molecule has 4 heteroatoms. The van der Waals surface area contributed by atoms with Gasteiger partial charge in [0.05, 0.1) is 0 Å². The number of amides is 2. The summed E-state index contributed by atoms with van der Waals surface area (Å²) >= 11 is 0. The van der Waals surface area contributed by atoms with E-state index in [9.17, 15) is 4.79 Å². The molecular formula is C16H23N3O. The van der Waals surface area contributed by atoms with Crippen LogP contribution in [-0.4, -0.2) is 36.6 Å². The zero-order chi connectivity index (χ0) is 14.1. The molecule has 2 aliphatic rings. The first kappa shape index (κ1) is 13.4. The largest absolute Gasteiger partial charge is 0.324 e. The molecule has 0 saturated carbocycles. The molecule has 3 rings (SSSR count). The molecule has 0 aromatic heterocycles. The van der Waals surface area contributed by atoms with Crippen molar-refractivity contribution in [1.82, 2.24) is 10.2 Å². The number of benzene rings is 1. The Balaban J connectivity index is 1.80. The molecule has 2 saturated heterocycles. The van der Waals surface area contributed by atoms with Gasteiger partial charge >= 0.3 is 6.03 Å². The third kappa shape index (κ3) is 2.40. The van der Waals surface area contributed by atoms with Crippen molar-refractivity contribution >= 4 is 11.7 Å². The van der Waals surface area contributed by atoms with Crippen molar-refractivity contribution in [3.8, 4) is 0 Å².